The van der Waals surface area contributed by atoms with Gasteiger partial charge in [-0.1, -0.05) is 35.5 Å². The molecule has 0 aliphatic carbocycles. The summed E-state index contributed by atoms with van der Waals surface area (Å²) in [6, 6.07) is 16.9. The lowest BCUT2D eigenvalue weighted by atomic mass is 10.1. The van der Waals surface area contributed by atoms with Crippen LogP contribution in [-0.4, -0.2) is 63.4 Å². The van der Waals surface area contributed by atoms with Gasteiger partial charge in [0, 0.05) is 24.0 Å². The maximum Gasteiger partial charge on any atom is 0.258 e. The predicted octanol–water partition coefficient (Wildman–Crippen LogP) is 2.14. The predicted molar refractivity (Wildman–Crippen MR) is 112 cm³/mol. The van der Waals surface area contributed by atoms with Gasteiger partial charge in [0.1, 0.15) is 18.4 Å². The Hall–Kier alpha value is -4.01. The third kappa shape index (κ3) is 3.96. The maximum absolute atomic E-state index is 12.3. The van der Waals surface area contributed by atoms with Crippen molar-refractivity contribution in [3.05, 3.63) is 54.6 Å². The van der Waals surface area contributed by atoms with Crippen LogP contribution in [0.5, 0.6) is 5.75 Å². The van der Waals surface area contributed by atoms with E-state index >= 15 is 0 Å². The van der Waals surface area contributed by atoms with Crippen molar-refractivity contribution in [2.75, 3.05) is 19.6 Å². The Morgan fingerprint density at radius 3 is 2.34 bits per heavy atom. The molecule has 9 heteroatoms. The second-order valence-electron chi connectivity index (χ2n) is 7.73. The van der Waals surface area contributed by atoms with Gasteiger partial charge in [-0.25, -0.2) is 0 Å². The molecule has 0 unspecified atom stereocenters. The smallest absolute Gasteiger partial charge is 0.258 e. The van der Waals surface area contributed by atoms with Crippen molar-refractivity contribution in [1.29, 1.82) is 0 Å². The van der Waals surface area contributed by atoms with E-state index in [0.29, 0.717) is 30.6 Å². The van der Waals surface area contributed by atoms with E-state index in [-0.39, 0.29) is 43.2 Å². The molecule has 1 aromatic heterocycles. The largest absolute Gasteiger partial charge is 0.487 e. The first kappa shape index (κ1) is 19.9. The van der Waals surface area contributed by atoms with Crippen molar-refractivity contribution >= 4 is 17.7 Å². The lowest BCUT2D eigenvalue weighted by Gasteiger charge is -2.39. The van der Waals surface area contributed by atoms with Crippen molar-refractivity contribution in [3.63, 3.8) is 0 Å². The van der Waals surface area contributed by atoms with E-state index in [9.17, 15) is 14.4 Å². The Morgan fingerprint density at radius 2 is 1.66 bits per heavy atom. The molecule has 0 N–H and O–H groups in total. The number of amides is 3. The van der Waals surface area contributed by atoms with E-state index < -0.39 is 0 Å². The molecule has 0 spiro atoms. The normalized spacial score (nSPS) is 16.4. The van der Waals surface area contributed by atoms with Gasteiger partial charge in [0.05, 0.1) is 13.1 Å². The number of nitrogens with zero attached hydrogens (tertiary/aromatic N) is 4. The van der Waals surface area contributed by atoms with Crippen LogP contribution in [0.15, 0.2) is 59.1 Å². The number of benzene rings is 2. The molecule has 9 nitrogen and oxygen atoms in total. The minimum atomic E-state index is -0.283. The molecule has 0 atom stereocenters. The highest BCUT2D eigenvalue weighted by Gasteiger charge is 2.36. The second-order valence-corrected chi connectivity index (χ2v) is 7.73. The summed E-state index contributed by atoms with van der Waals surface area (Å²) in [5.74, 6) is 0.801. The van der Waals surface area contributed by atoms with Crippen LogP contribution in [0.1, 0.15) is 12.8 Å². The summed E-state index contributed by atoms with van der Waals surface area (Å²) in [5, 5.41) is 4.03. The van der Waals surface area contributed by atoms with Gasteiger partial charge in [-0.15, -0.1) is 0 Å². The van der Waals surface area contributed by atoms with Crippen molar-refractivity contribution in [2.24, 2.45) is 0 Å². The summed E-state index contributed by atoms with van der Waals surface area (Å²) in [4.78, 5) is 42.6. The number of imide groups is 1. The fraction of sp³-hybridized carbons (Fsp3) is 0.261. The molecule has 2 fully saturated rings. The van der Waals surface area contributed by atoms with Gasteiger partial charge in [0.25, 0.3) is 5.89 Å². The quantitative estimate of drug-likeness (QED) is 0.550. The lowest BCUT2D eigenvalue weighted by molar-refractivity contribution is -0.149. The number of likely N-dealkylation sites (tertiary alicyclic amines) is 2. The average molecular weight is 432 g/mol. The van der Waals surface area contributed by atoms with Crippen LogP contribution in [0, 0.1) is 0 Å². The van der Waals surface area contributed by atoms with Gasteiger partial charge in [0.15, 0.2) is 0 Å². The zero-order valence-electron chi connectivity index (χ0n) is 17.1. The molecule has 2 aromatic carbocycles. The van der Waals surface area contributed by atoms with Gasteiger partial charge >= 0.3 is 0 Å². The van der Waals surface area contributed by atoms with E-state index in [0.717, 1.165) is 16.0 Å². The van der Waals surface area contributed by atoms with Crippen LogP contribution < -0.4 is 4.74 Å². The number of hydrogen-bond donors (Lipinski definition) is 0. The van der Waals surface area contributed by atoms with Crippen LogP contribution >= 0.6 is 0 Å². The first-order valence-corrected chi connectivity index (χ1v) is 10.3. The van der Waals surface area contributed by atoms with Gasteiger partial charge in [-0.2, -0.15) is 4.98 Å². The Bertz CT molecular complexity index is 1140. The summed E-state index contributed by atoms with van der Waals surface area (Å²) in [6.07, 6.45) is 0.235. The average Bonchev–Trinajstić information content (AvgIpc) is 3.40. The van der Waals surface area contributed by atoms with Gasteiger partial charge in [-0.3, -0.25) is 19.3 Å². The van der Waals surface area contributed by atoms with E-state index in [2.05, 4.69) is 10.1 Å². The zero-order valence-corrected chi connectivity index (χ0v) is 17.1. The number of hydrogen-bond acceptors (Lipinski definition) is 7. The minimum Gasteiger partial charge on any atom is -0.487 e. The molecular weight excluding hydrogens is 412 g/mol. The fourth-order valence-corrected chi connectivity index (χ4v) is 3.66. The van der Waals surface area contributed by atoms with Gasteiger partial charge in [-0.05, 0) is 24.3 Å². The van der Waals surface area contributed by atoms with E-state index in [1.165, 1.54) is 0 Å². The molecular formula is C23H20N4O5. The van der Waals surface area contributed by atoms with Gasteiger partial charge < -0.3 is 14.2 Å². The molecule has 0 bridgehead atoms. The molecule has 2 saturated heterocycles. The summed E-state index contributed by atoms with van der Waals surface area (Å²) in [7, 11) is 0. The molecule has 32 heavy (non-hydrogen) atoms. The molecule has 3 aromatic rings. The summed E-state index contributed by atoms with van der Waals surface area (Å²) in [5.41, 5.74) is 1.65. The Kier molecular flexibility index (Phi) is 5.14. The van der Waals surface area contributed by atoms with Crippen molar-refractivity contribution in [2.45, 2.75) is 18.9 Å². The molecule has 0 saturated carbocycles. The molecule has 3 amide bonds. The zero-order chi connectivity index (χ0) is 22.1. The topological polar surface area (TPSA) is 106 Å². The SMILES string of the molecule is O=C(CN1C(=O)CCC1=O)N1CC(Oc2ccc(-c3nc(-c4ccccc4)no3)cc2)C1. The number of rotatable bonds is 6. The van der Waals surface area contributed by atoms with Crippen molar-refractivity contribution in [1.82, 2.24) is 19.9 Å². The number of carbonyl (C=O) groups is 3. The summed E-state index contributed by atoms with van der Waals surface area (Å²) in [6.45, 7) is 0.649. The first-order chi connectivity index (χ1) is 15.6. The van der Waals surface area contributed by atoms with E-state index in [1.807, 2.05) is 54.6 Å². The minimum absolute atomic E-state index is 0.136. The van der Waals surface area contributed by atoms with Crippen LogP contribution in [0.2, 0.25) is 0 Å². The molecule has 2 aliphatic heterocycles. The number of ether oxygens (including phenoxy) is 1. The Labute approximate surface area is 183 Å². The molecule has 5 rings (SSSR count). The maximum atomic E-state index is 12.3. The molecule has 162 valence electrons. The fourth-order valence-electron chi connectivity index (χ4n) is 3.66. The van der Waals surface area contributed by atoms with Crippen molar-refractivity contribution in [3.8, 4) is 28.6 Å². The Balaban J connectivity index is 1.14. The second kappa shape index (κ2) is 8.26. The number of aromatic nitrogens is 2. The van der Waals surface area contributed by atoms with Crippen LogP contribution in [-0.2, 0) is 14.4 Å². The highest BCUT2D eigenvalue weighted by molar-refractivity contribution is 6.04. The summed E-state index contributed by atoms with van der Waals surface area (Å²) < 4.78 is 11.3. The third-order valence-corrected chi connectivity index (χ3v) is 5.51. The van der Waals surface area contributed by atoms with E-state index in [1.54, 1.807) is 4.90 Å². The van der Waals surface area contributed by atoms with Crippen LogP contribution in [0.3, 0.4) is 0 Å². The molecule has 3 heterocycles. The molecule has 0 radical (unpaired) electrons. The monoisotopic (exact) mass is 432 g/mol. The highest BCUT2D eigenvalue weighted by Crippen LogP contribution is 2.25. The number of carbonyl (C=O) groups excluding carboxylic acids is 3. The first-order valence-electron chi connectivity index (χ1n) is 10.3. The van der Waals surface area contributed by atoms with Crippen LogP contribution in [0.4, 0.5) is 0 Å². The lowest BCUT2D eigenvalue weighted by Crippen LogP contribution is -2.58. The summed E-state index contributed by atoms with van der Waals surface area (Å²) >= 11 is 0. The van der Waals surface area contributed by atoms with Crippen molar-refractivity contribution < 1.29 is 23.6 Å². The third-order valence-electron chi connectivity index (χ3n) is 5.51. The Morgan fingerprint density at radius 1 is 0.969 bits per heavy atom. The van der Waals surface area contributed by atoms with E-state index in [4.69, 9.17) is 9.26 Å². The standard InChI is InChI=1S/C23H20N4O5/c28-19-10-11-20(29)27(19)14-21(30)26-12-18(13-26)31-17-8-6-16(7-9-17)23-24-22(25-32-23)15-4-2-1-3-5-15/h1-9,18H,10-14H2. The molecule has 2 aliphatic rings. The highest BCUT2D eigenvalue weighted by atomic mass is 16.5. The van der Waals surface area contributed by atoms with Gasteiger partial charge in [0.2, 0.25) is 23.5 Å². The van der Waals surface area contributed by atoms with Crippen LogP contribution in [0.25, 0.3) is 22.8 Å².